The lowest BCUT2D eigenvalue weighted by molar-refractivity contribution is -0.120. The van der Waals surface area contributed by atoms with Gasteiger partial charge in [-0.25, -0.2) is 17.1 Å². The van der Waals surface area contributed by atoms with E-state index in [1.807, 2.05) is 0 Å². The number of carbonyl (C=O) groups is 2. The molecular weight excluding hydrogens is 385 g/mol. The van der Waals surface area contributed by atoms with Crippen LogP contribution in [0.4, 0.5) is 4.39 Å². The van der Waals surface area contributed by atoms with E-state index < -0.39 is 21.8 Å². The Kier molecular flexibility index (Phi) is 6.87. The molecule has 0 aromatic heterocycles. The van der Waals surface area contributed by atoms with Crippen molar-refractivity contribution in [3.63, 3.8) is 0 Å². The summed E-state index contributed by atoms with van der Waals surface area (Å²) in [4.78, 5) is 24.3. The molecule has 0 spiro atoms. The second-order valence-electron chi connectivity index (χ2n) is 6.34. The number of carbonyl (C=O) groups excluding carboxylic acids is 2. The van der Waals surface area contributed by atoms with Crippen LogP contribution in [-0.2, 0) is 14.8 Å². The van der Waals surface area contributed by atoms with E-state index in [9.17, 15) is 22.4 Å². The van der Waals surface area contributed by atoms with Crippen molar-refractivity contribution in [3.05, 3.63) is 65.5 Å². The van der Waals surface area contributed by atoms with Crippen LogP contribution in [-0.4, -0.2) is 45.2 Å². The number of benzene rings is 2. The maximum Gasteiger partial charge on any atom is 0.251 e. The molecule has 0 aliphatic heterocycles. The third kappa shape index (κ3) is 5.37. The fraction of sp³-hybridized carbons (Fsp3) is 0.263. The molecule has 2 rings (SSSR count). The molecule has 0 bridgehead atoms. The number of hydrogen-bond acceptors (Lipinski definition) is 4. The summed E-state index contributed by atoms with van der Waals surface area (Å²) in [5, 5.41) is 5.15. The fourth-order valence-electron chi connectivity index (χ4n) is 2.40. The van der Waals surface area contributed by atoms with Crippen molar-refractivity contribution in [1.82, 2.24) is 14.9 Å². The van der Waals surface area contributed by atoms with Crippen LogP contribution in [0.2, 0.25) is 0 Å². The molecule has 9 heteroatoms. The molecule has 0 aliphatic rings. The molecule has 2 aromatic rings. The third-order valence-electron chi connectivity index (χ3n) is 4.03. The van der Waals surface area contributed by atoms with E-state index in [2.05, 4.69) is 10.6 Å². The molecule has 0 radical (unpaired) electrons. The van der Waals surface area contributed by atoms with Crippen molar-refractivity contribution in [2.45, 2.75) is 17.9 Å². The molecule has 150 valence electrons. The van der Waals surface area contributed by atoms with Gasteiger partial charge in [0.2, 0.25) is 15.9 Å². The topological polar surface area (TPSA) is 95.6 Å². The van der Waals surface area contributed by atoms with Crippen LogP contribution in [0.1, 0.15) is 28.9 Å². The zero-order chi connectivity index (χ0) is 20.9. The highest BCUT2D eigenvalue weighted by atomic mass is 32.2. The number of sulfonamides is 1. The van der Waals surface area contributed by atoms with E-state index >= 15 is 0 Å². The van der Waals surface area contributed by atoms with E-state index in [0.717, 1.165) is 9.87 Å². The molecule has 0 saturated heterocycles. The molecule has 0 unspecified atom stereocenters. The molecule has 0 saturated carbocycles. The largest absolute Gasteiger partial charge is 0.348 e. The molecule has 2 aromatic carbocycles. The first-order valence-electron chi connectivity index (χ1n) is 8.47. The maximum absolute atomic E-state index is 13.0. The van der Waals surface area contributed by atoms with Gasteiger partial charge in [0, 0.05) is 19.7 Å². The van der Waals surface area contributed by atoms with Gasteiger partial charge in [-0.3, -0.25) is 9.59 Å². The minimum absolute atomic E-state index is 0.0143. The predicted octanol–water partition coefficient (Wildman–Crippen LogP) is 1.68. The molecule has 0 aliphatic carbocycles. The molecular formula is C19H22FN3O4S. The van der Waals surface area contributed by atoms with Crippen molar-refractivity contribution in [1.29, 1.82) is 0 Å². The molecule has 2 amide bonds. The molecule has 2 N–H and O–H groups in total. The van der Waals surface area contributed by atoms with E-state index in [1.165, 1.54) is 50.5 Å². The Morgan fingerprint density at radius 3 is 2.36 bits per heavy atom. The van der Waals surface area contributed by atoms with Gasteiger partial charge in [0.15, 0.2) is 0 Å². The summed E-state index contributed by atoms with van der Waals surface area (Å²) < 4.78 is 38.3. The Morgan fingerprint density at radius 1 is 1.11 bits per heavy atom. The SMILES string of the molecule is C[C@H](NC(=O)CNC(=O)c1cccc(S(=O)(=O)N(C)C)c1)c1ccc(F)cc1. The van der Waals surface area contributed by atoms with Crippen LogP contribution < -0.4 is 10.6 Å². The number of hydrogen-bond donors (Lipinski definition) is 2. The Bertz CT molecular complexity index is 959. The number of nitrogens with zero attached hydrogens (tertiary/aromatic N) is 1. The van der Waals surface area contributed by atoms with Gasteiger partial charge in [-0.15, -0.1) is 0 Å². The summed E-state index contributed by atoms with van der Waals surface area (Å²) in [5.41, 5.74) is 0.852. The summed E-state index contributed by atoms with van der Waals surface area (Å²) in [6, 6.07) is 10.9. The fourth-order valence-corrected chi connectivity index (χ4v) is 3.35. The summed E-state index contributed by atoms with van der Waals surface area (Å²) >= 11 is 0. The number of amides is 2. The van der Waals surface area contributed by atoms with Gasteiger partial charge in [0.05, 0.1) is 17.5 Å². The van der Waals surface area contributed by atoms with Gasteiger partial charge in [-0.05, 0) is 42.8 Å². The number of halogens is 1. The summed E-state index contributed by atoms with van der Waals surface area (Å²) in [7, 11) is -0.871. The van der Waals surface area contributed by atoms with E-state index in [1.54, 1.807) is 19.1 Å². The lowest BCUT2D eigenvalue weighted by Gasteiger charge is -2.15. The molecule has 1 atom stereocenters. The third-order valence-corrected chi connectivity index (χ3v) is 5.84. The standard InChI is InChI=1S/C19H22FN3O4S/c1-13(14-7-9-16(20)10-8-14)22-18(24)12-21-19(25)15-5-4-6-17(11-15)28(26,27)23(2)3/h4-11,13H,12H2,1-3H3,(H,21,25)(H,22,24)/t13-/m0/s1. The highest BCUT2D eigenvalue weighted by Crippen LogP contribution is 2.15. The second-order valence-corrected chi connectivity index (χ2v) is 8.49. The minimum Gasteiger partial charge on any atom is -0.348 e. The van der Waals surface area contributed by atoms with Crippen molar-refractivity contribution >= 4 is 21.8 Å². The summed E-state index contributed by atoms with van der Waals surface area (Å²) in [6.07, 6.45) is 0. The summed E-state index contributed by atoms with van der Waals surface area (Å²) in [5.74, 6) is -1.37. The molecule has 0 fully saturated rings. The first kappa shape index (κ1) is 21.5. The van der Waals surface area contributed by atoms with Crippen LogP contribution in [0.5, 0.6) is 0 Å². The van der Waals surface area contributed by atoms with Gasteiger partial charge in [-0.2, -0.15) is 0 Å². The molecule has 28 heavy (non-hydrogen) atoms. The molecule has 7 nitrogen and oxygen atoms in total. The van der Waals surface area contributed by atoms with Gasteiger partial charge in [-0.1, -0.05) is 18.2 Å². The Morgan fingerprint density at radius 2 is 1.75 bits per heavy atom. The van der Waals surface area contributed by atoms with Gasteiger partial charge in [0.25, 0.3) is 5.91 Å². The zero-order valence-electron chi connectivity index (χ0n) is 15.8. The monoisotopic (exact) mass is 407 g/mol. The van der Waals surface area contributed by atoms with E-state index in [4.69, 9.17) is 0 Å². The first-order valence-corrected chi connectivity index (χ1v) is 9.91. The second kappa shape index (κ2) is 8.94. The van der Waals surface area contributed by atoms with Crippen LogP contribution in [0.25, 0.3) is 0 Å². The lowest BCUT2D eigenvalue weighted by atomic mass is 10.1. The van der Waals surface area contributed by atoms with Crippen LogP contribution in [0.15, 0.2) is 53.4 Å². The average molecular weight is 407 g/mol. The van der Waals surface area contributed by atoms with E-state index in [-0.39, 0.29) is 28.9 Å². The lowest BCUT2D eigenvalue weighted by Crippen LogP contribution is -2.38. The van der Waals surface area contributed by atoms with Crippen molar-refractivity contribution in [2.24, 2.45) is 0 Å². The number of nitrogens with one attached hydrogen (secondary N) is 2. The smallest absolute Gasteiger partial charge is 0.251 e. The van der Waals surface area contributed by atoms with Gasteiger partial charge < -0.3 is 10.6 Å². The number of rotatable bonds is 7. The Hall–Kier alpha value is -2.78. The predicted molar refractivity (Wildman–Crippen MR) is 103 cm³/mol. The van der Waals surface area contributed by atoms with Crippen molar-refractivity contribution < 1.29 is 22.4 Å². The van der Waals surface area contributed by atoms with Crippen LogP contribution >= 0.6 is 0 Å². The summed E-state index contributed by atoms with van der Waals surface area (Å²) in [6.45, 7) is 1.46. The first-order chi connectivity index (χ1) is 13.1. The maximum atomic E-state index is 13.0. The Balaban J connectivity index is 1.96. The minimum atomic E-state index is -3.67. The average Bonchev–Trinajstić information content (AvgIpc) is 2.66. The highest BCUT2D eigenvalue weighted by molar-refractivity contribution is 7.89. The van der Waals surface area contributed by atoms with Crippen molar-refractivity contribution in [3.8, 4) is 0 Å². The normalized spacial score (nSPS) is 12.5. The Labute approximate surface area is 163 Å². The van der Waals surface area contributed by atoms with Gasteiger partial charge in [0.1, 0.15) is 5.82 Å². The zero-order valence-corrected chi connectivity index (χ0v) is 16.6. The van der Waals surface area contributed by atoms with Crippen LogP contribution in [0, 0.1) is 5.82 Å². The van der Waals surface area contributed by atoms with Gasteiger partial charge >= 0.3 is 0 Å². The highest BCUT2D eigenvalue weighted by Gasteiger charge is 2.19. The van der Waals surface area contributed by atoms with Crippen LogP contribution in [0.3, 0.4) is 0 Å². The van der Waals surface area contributed by atoms with E-state index in [0.29, 0.717) is 0 Å². The quantitative estimate of drug-likeness (QED) is 0.730. The molecule has 0 heterocycles. The van der Waals surface area contributed by atoms with Crippen molar-refractivity contribution in [2.75, 3.05) is 20.6 Å².